The highest BCUT2D eigenvalue weighted by atomic mass is 16.5. The molecule has 0 saturated heterocycles. The van der Waals surface area contributed by atoms with Crippen molar-refractivity contribution in [3.05, 3.63) is 54.1 Å². The van der Waals surface area contributed by atoms with Crippen molar-refractivity contribution < 1.29 is 9.47 Å². The minimum Gasteiger partial charge on any atom is -0.494 e. The van der Waals surface area contributed by atoms with Crippen LogP contribution in [-0.2, 0) is 6.54 Å². The highest BCUT2D eigenvalue weighted by Crippen LogP contribution is 2.22. The first-order valence-electron chi connectivity index (χ1n) is 9.36. The lowest BCUT2D eigenvalue weighted by Gasteiger charge is -2.14. The summed E-state index contributed by atoms with van der Waals surface area (Å²) in [5.41, 5.74) is 2.23. The molecule has 0 saturated carbocycles. The molecule has 0 bridgehead atoms. The summed E-state index contributed by atoms with van der Waals surface area (Å²) in [5, 5.41) is 3.47. The highest BCUT2D eigenvalue weighted by molar-refractivity contribution is 5.49. The number of nitrogens with one attached hydrogen (secondary N) is 1. The molecule has 25 heavy (non-hydrogen) atoms. The number of ether oxygens (including phenoxy) is 2. The van der Waals surface area contributed by atoms with Gasteiger partial charge in [-0.15, -0.1) is 0 Å². The van der Waals surface area contributed by atoms with E-state index in [2.05, 4.69) is 50.4 Å². The van der Waals surface area contributed by atoms with Crippen LogP contribution in [0.2, 0.25) is 0 Å². The molecule has 0 amide bonds. The van der Waals surface area contributed by atoms with E-state index in [1.165, 1.54) is 5.56 Å². The van der Waals surface area contributed by atoms with Gasteiger partial charge in [-0.1, -0.05) is 51.5 Å². The SMILES string of the molecule is CCCCOc1cccc(NCc2ccccc2OCCC(C)C)c1. The average molecular weight is 341 g/mol. The molecule has 0 radical (unpaired) electrons. The lowest BCUT2D eigenvalue weighted by atomic mass is 10.1. The third-order valence-electron chi connectivity index (χ3n) is 4.01. The molecule has 2 aromatic carbocycles. The van der Waals surface area contributed by atoms with Crippen LogP contribution >= 0.6 is 0 Å². The maximum absolute atomic E-state index is 5.96. The Morgan fingerprint density at radius 2 is 1.80 bits per heavy atom. The molecule has 0 aliphatic rings. The molecular formula is C22H31NO2. The fraction of sp³-hybridized carbons (Fsp3) is 0.455. The molecule has 2 aromatic rings. The summed E-state index contributed by atoms with van der Waals surface area (Å²) in [6.07, 6.45) is 3.29. The lowest BCUT2D eigenvalue weighted by Crippen LogP contribution is -2.06. The van der Waals surface area contributed by atoms with Crippen LogP contribution in [0.3, 0.4) is 0 Å². The predicted octanol–water partition coefficient (Wildman–Crippen LogP) is 5.90. The molecule has 0 spiro atoms. The first-order chi connectivity index (χ1) is 12.2. The molecule has 2 rings (SSSR count). The minimum absolute atomic E-state index is 0.653. The van der Waals surface area contributed by atoms with Crippen molar-refractivity contribution in [2.24, 2.45) is 5.92 Å². The van der Waals surface area contributed by atoms with E-state index in [0.29, 0.717) is 5.92 Å². The summed E-state index contributed by atoms with van der Waals surface area (Å²) in [5.74, 6) is 2.53. The molecule has 0 heterocycles. The van der Waals surface area contributed by atoms with Gasteiger partial charge in [0.05, 0.1) is 13.2 Å². The number of anilines is 1. The fourth-order valence-electron chi connectivity index (χ4n) is 2.42. The van der Waals surface area contributed by atoms with Crippen molar-refractivity contribution in [2.75, 3.05) is 18.5 Å². The van der Waals surface area contributed by atoms with E-state index < -0.39 is 0 Å². The highest BCUT2D eigenvalue weighted by Gasteiger charge is 2.04. The van der Waals surface area contributed by atoms with E-state index in [1.807, 2.05) is 24.3 Å². The normalized spacial score (nSPS) is 10.7. The van der Waals surface area contributed by atoms with Gasteiger partial charge in [-0.3, -0.25) is 0 Å². The van der Waals surface area contributed by atoms with Crippen LogP contribution in [0.1, 0.15) is 45.6 Å². The van der Waals surface area contributed by atoms with E-state index in [9.17, 15) is 0 Å². The lowest BCUT2D eigenvalue weighted by molar-refractivity contribution is 0.287. The minimum atomic E-state index is 0.653. The molecule has 0 aliphatic heterocycles. The second kappa shape index (κ2) is 10.7. The van der Waals surface area contributed by atoms with Crippen LogP contribution in [0.4, 0.5) is 5.69 Å². The Bertz CT molecular complexity index is 625. The molecule has 0 atom stereocenters. The molecule has 0 fully saturated rings. The molecule has 136 valence electrons. The molecular weight excluding hydrogens is 310 g/mol. The number of rotatable bonds is 11. The topological polar surface area (TPSA) is 30.5 Å². The van der Waals surface area contributed by atoms with E-state index in [1.54, 1.807) is 0 Å². The van der Waals surface area contributed by atoms with Crippen LogP contribution in [0.15, 0.2) is 48.5 Å². The number of para-hydroxylation sites is 1. The molecule has 0 aromatic heterocycles. The second-order valence-corrected chi connectivity index (χ2v) is 6.72. The standard InChI is InChI=1S/C22H31NO2/c1-4-5-14-24-21-11-8-10-20(16-21)23-17-19-9-6-7-12-22(19)25-15-13-18(2)3/h6-12,16,18,23H,4-5,13-15,17H2,1-3H3. The zero-order chi connectivity index (χ0) is 17.9. The third kappa shape index (κ3) is 7.08. The largest absolute Gasteiger partial charge is 0.494 e. The van der Waals surface area contributed by atoms with Crippen LogP contribution in [0, 0.1) is 5.92 Å². The molecule has 3 heteroatoms. The van der Waals surface area contributed by atoms with E-state index in [-0.39, 0.29) is 0 Å². The van der Waals surface area contributed by atoms with Crippen LogP contribution in [-0.4, -0.2) is 13.2 Å². The van der Waals surface area contributed by atoms with Crippen molar-refractivity contribution in [3.63, 3.8) is 0 Å². The zero-order valence-electron chi connectivity index (χ0n) is 15.8. The summed E-state index contributed by atoms with van der Waals surface area (Å²) in [7, 11) is 0. The Hall–Kier alpha value is -2.16. The second-order valence-electron chi connectivity index (χ2n) is 6.72. The molecule has 3 nitrogen and oxygen atoms in total. The van der Waals surface area contributed by atoms with Gasteiger partial charge in [-0.05, 0) is 37.0 Å². The Balaban J connectivity index is 1.91. The third-order valence-corrected chi connectivity index (χ3v) is 4.01. The summed E-state index contributed by atoms with van der Waals surface area (Å²) in [6, 6.07) is 16.4. The van der Waals surface area contributed by atoms with E-state index >= 15 is 0 Å². The van der Waals surface area contributed by atoms with Gasteiger partial charge in [0.25, 0.3) is 0 Å². The van der Waals surface area contributed by atoms with Crippen molar-refractivity contribution in [1.82, 2.24) is 0 Å². The van der Waals surface area contributed by atoms with Crippen molar-refractivity contribution in [1.29, 1.82) is 0 Å². The van der Waals surface area contributed by atoms with Crippen molar-refractivity contribution in [2.45, 2.75) is 46.6 Å². The van der Waals surface area contributed by atoms with Gasteiger partial charge in [0.2, 0.25) is 0 Å². The maximum Gasteiger partial charge on any atom is 0.124 e. The first-order valence-corrected chi connectivity index (χ1v) is 9.36. The molecule has 0 unspecified atom stereocenters. The van der Waals surface area contributed by atoms with Crippen molar-refractivity contribution >= 4 is 5.69 Å². The molecule has 0 aliphatic carbocycles. The number of benzene rings is 2. The molecule has 1 N–H and O–H groups in total. The van der Waals surface area contributed by atoms with Gasteiger partial charge in [-0.25, -0.2) is 0 Å². The smallest absolute Gasteiger partial charge is 0.124 e. The van der Waals surface area contributed by atoms with Gasteiger partial charge >= 0.3 is 0 Å². The van der Waals surface area contributed by atoms with Crippen LogP contribution in [0.5, 0.6) is 11.5 Å². The van der Waals surface area contributed by atoms with Gasteiger partial charge in [0.1, 0.15) is 11.5 Å². The zero-order valence-corrected chi connectivity index (χ0v) is 15.8. The number of hydrogen-bond acceptors (Lipinski definition) is 3. The predicted molar refractivity (Wildman–Crippen MR) is 106 cm³/mol. The van der Waals surface area contributed by atoms with Gasteiger partial charge < -0.3 is 14.8 Å². The van der Waals surface area contributed by atoms with Crippen LogP contribution in [0.25, 0.3) is 0 Å². The average Bonchev–Trinajstić information content (AvgIpc) is 2.61. The Morgan fingerprint density at radius 3 is 2.60 bits per heavy atom. The Kier molecular flexibility index (Phi) is 8.17. The van der Waals surface area contributed by atoms with E-state index in [0.717, 1.165) is 56.2 Å². The summed E-state index contributed by atoms with van der Waals surface area (Å²) in [6.45, 7) is 8.86. The van der Waals surface area contributed by atoms with E-state index in [4.69, 9.17) is 9.47 Å². The fourth-order valence-corrected chi connectivity index (χ4v) is 2.42. The first kappa shape index (κ1) is 19.2. The Labute approximate surface area is 152 Å². The van der Waals surface area contributed by atoms with Gasteiger partial charge in [0, 0.05) is 23.9 Å². The monoisotopic (exact) mass is 341 g/mol. The summed E-state index contributed by atoms with van der Waals surface area (Å²) < 4.78 is 11.7. The quantitative estimate of drug-likeness (QED) is 0.516. The van der Waals surface area contributed by atoms with Gasteiger partial charge in [-0.2, -0.15) is 0 Å². The van der Waals surface area contributed by atoms with Gasteiger partial charge in [0.15, 0.2) is 0 Å². The summed E-state index contributed by atoms with van der Waals surface area (Å²) >= 11 is 0. The number of unbranched alkanes of at least 4 members (excludes halogenated alkanes) is 1. The van der Waals surface area contributed by atoms with Crippen LogP contribution < -0.4 is 14.8 Å². The maximum atomic E-state index is 5.96. The summed E-state index contributed by atoms with van der Waals surface area (Å²) in [4.78, 5) is 0. The Morgan fingerprint density at radius 1 is 0.960 bits per heavy atom. The van der Waals surface area contributed by atoms with Crippen molar-refractivity contribution in [3.8, 4) is 11.5 Å². The number of hydrogen-bond donors (Lipinski definition) is 1.